The Bertz CT molecular complexity index is 5240. The second-order valence-electron chi connectivity index (χ2n) is 24.0. The topological polar surface area (TPSA) is 40.2 Å². The summed E-state index contributed by atoms with van der Waals surface area (Å²) < 4.78 is 24.9. The van der Waals surface area contributed by atoms with Gasteiger partial charge in [0.25, 0.3) is 20.1 Å². The number of para-hydroxylation sites is 1. The Morgan fingerprint density at radius 3 is 1.57 bits per heavy atom. The van der Waals surface area contributed by atoms with E-state index in [4.69, 9.17) is 9.47 Å². The van der Waals surface area contributed by atoms with E-state index < -0.39 is 0 Å². The summed E-state index contributed by atoms with van der Waals surface area (Å²) in [6.07, 6.45) is 4.42. The van der Waals surface area contributed by atoms with Crippen molar-refractivity contribution in [2.24, 2.45) is 0 Å². The molecule has 6 nitrogen and oxygen atoms in total. The highest BCUT2D eigenvalue weighted by atomic mass is 32.2. The number of nitrogens with zero attached hydrogens (tertiary/aromatic N) is 3. The van der Waals surface area contributed by atoms with E-state index in [1.54, 1.807) is 23.9 Å². The van der Waals surface area contributed by atoms with Crippen LogP contribution in [0.25, 0.3) is 53.6 Å². The Labute approximate surface area is 528 Å². The van der Waals surface area contributed by atoms with Crippen molar-refractivity contribution in [3.63, 3.8) is 0 Å². The number of aryl methyl sites for hydroxylation is 3. The average Bonchev–Trinajstić information content (AvgIpc) is 1.07. The highest BCUT2D eigenvalue weighted by Gasteiger charge is 2.50. The van der Waals surface area contributed by atoms with Crippen LogP contribution < -0.4 is 76.1 Å². The molecule has 6 aliphatic heterocycles. The van der Waals surface area contributed by atoms with E-state index >= 15 is 0 Å². The lowest BCUT2D eigenvalue weighted by Gasteiger charge is -2.43. The largest absolute Gasteiger partial charge is 0.458 e. The summed E-state index contributed by atoms with van der Waals surface area (Å²) in [4.78, 5) is 2.56. The quantitative estimate of drug-likeness (QED) is 0.130. The number of rotatable bonds is 6. The van der Waals surface area contributed by atoms with Crippen molar-refractivity contribution in [1.29, 1.82) is 0 Å². The molecule has 1 N–H and O–H groups in total. The number of hydrogen-bond acceptors (Lipinski definition) is 10. The summed E-state index contributed by atoms with van der Waals surface area (Å²) in [6.45, 7) is 6.31. The first-order valence-corrected chi connectivity index (χ1v) is 34.0. The van der Waals surface area contributed by atoms with Gasteiger partial charge in [-0.05, 0) is 206 Å². The third-order valence-electron chi connectivity index (χ3n) is 19.4. The molecule has 8 heterocycles. The molecule has 416 valence electrons. The van der Waals surface area contributed by atoms with Gasteiger partial charge < -0.3 is 19.7 Å². The summed E-state index contributed by atoms with van der Waals surface area (Å²) in [5.41, 5.74) is 29.9. The standard InChI is InChI=1S/C75H51B3N4O2S4/c1-41-19-9-12-24-48(41)44-31-58-69-61(32-44)80(47-22-7-6-8-23-47)72-51-27-15-17-29-67(51)87-74(72)77(69)53-37-54-59(39-57(53)79-58)81(85-4)62-33-45(49-25-13-10-20-42(49)2)35-65-70(62)76(54)56-38-55-60(40-64(56)83-65)82(86-5)63-34-46(50-26-14-11-21-43(50)3)36-66-71(63)78(55)75-73(84-66)52-28-16-18-30-68(52)88-75/h6-40,79H,1-5H3. The van der Waals surface area contributed by atoms with E-state index in [1.165, 1.54) is 119 Å². The lowest BCUT2D eigenvalue weighted by molar-refractivity contribution is 0.488. The van der Waals surface area contributed by atoms with Gasteiger partial charge in [-0.25, -0.2) is 0 Å². The molecule has 0 saturated carbocycles. The minimum Gasteiger partial charge on any atom is -0.458 e. The van der Waals surface area contributed by atoms with Gasteiger partial charge in [-0.3, -0.25) is 8.61 Å². The maximum absolute atomic E-state index is 7.62. The van der Waals surface area contributed by atoms with Crippen molar-refractivity contribution in [2.45, 2.75) is 20.8 Å². The normalized spacial score (nSPS) is 14.0. The predicted octanol–water partition coefficient (Wildman–Crippen LogP) is 15.1. The third kappa shape index (κ3) is 7.12. The second-order valence-corrected chi connectivity index (χ2v) is 27.6. The van der Waals surface area contributed by atoms with Crippen LogP contribution in [0.3, 0.4) is 0 Å². The van der Waals surface area contributed by atoms with Crippen molar-refractivity contribution in [3.8, 4) is 56.4 Å². The minimum atomic E-state index is -0.182. The fraction of sp³-hybridized carbons (Fsp3) is 0.0667. The first-order valence-electron chi connectivity index (χ1n) is 30.0. The Morgan fingerprint density at radius 1 is 0.398 bits per heavy atom. The van der Waals surface area contributed by atoms with E-state index in [9.17, 15) is 0 Å². The summed E-state index contributed by atoms with van der Waals surface area (Å²) >= 11 is 7.31. The zero-order valence-electron chi connectivity index (χ0n) is 48.7. The first-order chi connectivity index (χ1) is 43.3. The first kappa shape index (κ1) is 51.1. The van der Waals surface area contributed by atoms with Crippen LogP contribution in [0.1, 0.15) is 16.7 Å². The van der Waals surface area contributed by atoms with Gasteiger partial charge in [0.05, 0.1) is 22.7 Å². The maximum atomic E-state index is 7.62. The van der Waals surface area contributed by atoms with Crippen LogP contribution in [-0.2, 0) is 0 Å². The number of thiophene rings is 2. The number of ether oxygens (including phenoxy) is 2. The molecule has 0 radical (unpaired) electrons. The van der Waals surface area contributed by atoms with Crippen molar-refractivity contribution >= 4 is 186 Å². The smallest absolute Gasteiger partial charge is 0.268 e. The van der Waals surface area contributed by atoms with Crippen LogP contribution in [0.15, 0.2) is 212 Å². The van der Waals surface area contributed by atoms with Gasteiger partial charge in [-0.2, -0.15) is 0 Å². The number of hydrogen-bond donors (Lipinski definition) is 1. The lowest BCUT2D eigenvalue weighted by atomic mass is 9.30. The molecular formula is C75H51B3N4O2S4. The molecule has 13 aromatic rings. The van der Waals surface area contributed by atoms with Gasteiger partial charge in [0, 0.05) is 76.7 Å². The molecule has 0 saturated heterocycles. The van der Waals surface area contributed by atoms with Gasteiger partial charge >= 0.3 is 0 Å². The van der Waals surface area contributed by atoms with Gasteiger partial charge in [0.1, 0.15) is 23.0 Å². The van der Waals surface area contributed by atoms with Gasteiger partial charge in [-0.15, -0.1) is 22.7 Å². The summed E-state index contributed by atoms with van der Waals surface area (Å²) in [5.74, 6) is 3.64. The Balaban J connectivity index is 0.879. The maximum Gasteiger partial charge on any atom is 0.268 e. The molecular weight excluding hydrogens is 1150 g/mol. The van der Waals surface area contributed by atoms with Crippen LogP contribution in [0, 0.1) is 20.8 Å². The van der Waals surface area contributed by atoms with E-state index in [0.29, 0.717) is 0 Å². The molecule has 11 aromatic carbocycles. The molecule has 13 heteroatoms. The number of nitrogens with one attached hydrogen (secondary N) is 1. The van der Waals surface area contributed by atoms with Crippen molar-refractivity contribution < 1.29 is 9.47 Å². The average molecular weight is 1200 g/mol. The highest BCUT2D eigenvalue weighted by Crippen LogP contribution is 2.51. The number of fused-ring (bicyclic) bond motifs is 16. The van der Waals surface area contributed by atoms with Crippen LogP contribution >= 0.6 is 46.6 Å². The molecule has 88 heavy (non-hydrogen) atoms. The van der Waals surface area contributed by atoms with E-state index in [-0.39, 0.29) is 20.1 Å². The zero-order chi connectivity index (χ0) is 58.4. The van der Waals surface area contributed by atoms with Gasteiger partial charge in [0.15, 0.2) is 0 Å². The predicted molar refractivity (Wildman–Crippen MR) is 383 cm³/mol. The summed E-state index contributed by atoms with van der Waals surface area (Å²) in [7, 11) is 0. The Hall–Kier alpha value is -8.97. The summed E-state index contributed by atoms with van der Waals surface area (Å²) in [6, 6.07) is 79.4. The highest BCUT2D eigenvalue weighted by molar-refractivity contribution is 8.00. The van der Waals surface area contributed by atoms with Crippen molar-refractivity contribution in [2.75, 3.05) is 31.3 Å². The van der Waals surface area contributed by atoms with Gasteiger partial charge in [-0.1, -0.05) is 133 Å². The fourth-order valence-corrected chi connectivity index (χ4v) is 19.5. The molecule has 2 aromatic heterocycles. The van der Waals surface area contributed by atoms with Crippen molar-refractivity contribution in [3.05, 3.63) is 229 Å². The van der Waals surface area contributed by atoms with Crippen LogP contribution in [0.2, 0.25) is 0 Å². The minimum absolute atomic E-state index is 0.0667. The zero-order valence-corrected chi connectivity index (χ0v) is 52.0. The van der Waals surface area contributed by atoms with Gasteiger partial charge in [0.2, 0.25) is 0 Å². The molecule has 19 rings (SSSR count). The molecule has 0 spiro atoms. The van der Waals surface area contributed by atoms with E-state index in [2.05, 4.69) is 264 Å². The molecule has 0 fully saturated rings. The molecule has 0 atom stereocenters. The van der Waals surface area contributed by atoms with Crippen LogP contribution in [0.4, 0.5) is 51.2 Å². The SMILES string of the molecule is CSN1c2cc3c(cc2B2c4cc5c(cc4Oc4cc(-c6ccccc6C)cc1c42)N(SC)c1cc(-c2ccccc2C)cc2c1B5c1sc4ccccc4c1O2)B1c2sc4ccccc4c2N(c2ccccc2)c2cc(-c4ccccc4C)cc(c21)N3. The molecule has 6 aliphatic rings. The van der Waals surface area contributed by atoms with E-state index in [0.717, 1.165) is 73.6 Å². The van der Waals surface area contributed by atoms with Crippen LogP contribution in [-0.4, -0.2) is 32.6 Å². The molecule has 0 bridgehead atoms. The van der Waals surface area contributed by atoms with Crippen molar-refractivity contribution in [1.82, 2.24) is 0 Å². The Morgan fingerprint density at radius 2 is 0.909 bits per heavy atom. The fourth-order valence-electron chi connectivity index (χ4n) is 15.5. The lowest BCUT2D eigenvalue weighted by Crippen LogP contribution is -2.64. The summed E-state index contributed by atoms with van der Waals surface area (Å²) in [5, 5.41) is 6.63. The second kappa shape index (κ2) is 19.0. The third-order valence-corrected chi connectivity index (χ3v) is 23.3. The van der Waals surface area contributed by atoms with Crippen LogP contribution in [0.5, 0.6) is 23.0 Å². The Kier molecular flexibility index (Phi) is 11.0. The van der Waals surface area contributed by atoms with E-state index in [1.807, 2.05) is 22.7 Å². The molecule has 0 amide bonds. The monoisotopic (exact) mass is 1200 g/mol. The number of anilines is 9. The molecule has 0 unspecified atom stereocenters. The number of benzene rings is 11. The molecule has 0 aliphatic carbocycles.